The summed E-state index contributed by atoms with van der Waals surface area (Å²) in [6, 6.07) is 11.8. The van der Waals surface area contributed by atoms with Crippen molar-refractivity contribution >= 4 is 28.3 Å². The summed E-state index contributed by atoms with van der Waals surface area (Å²) in [5.74, 6) is 1.82. The zero-order chi connectivity index (χ0) is 13.4. The minimum atomic E-state index is 0.0610. The number of carbonyl (C=O) groups excluding carboxylic acids is 1. The van der Waals surface area contributed by atoms with E-state index in [2.05, 4.69) is 9.97 Å². The van der Waals surface area contributed by atoms with Crippen LogP contribution in [0.2, 0.25) is 0 Å². The van der Waals surface area contributed by atoms with Crippen molar-refractivity contribution in [1.82, 2.24) is 9.97 Å². The Morgan fingerprint density at radius 2 is 1.95 bits per heavy atom. The van der Waals surface area contributed by atoms with E-state index in [1.807, 2.05) is 54.5 Å². The largest absolute Gasteiger partial charge is 0.348 e. The first kappa shape index (κ1) is 11.6. The van der Waals surface area contributed by atoms with Crippen molar-refractivity contribution in [3.8, 4) is 0 Å². The fourth-order valence-corrected chi connectivity index (χ4v) is 2.39. The minimum absolute atomic E-state index is 0.0610. The summed E-state index contributed by atoms with van der Waals surface area (Å²) in [6.45, 7) is 1.60. The fourth-order valence-electron chi connectivity index (χ4n) is 2.39. The van der Waals surface area contributed by atoms with E-state index >= 15 is 0 Å². The number of H-pyrrole nitrogens is 2. The molecule has 0 unspecified atom stereocenters. The molecule has 0 saturated carbocycles. The van der Waals surface area contributed by atoms with Crippen LogP contribution >= 0.6 is 0 Å². The second-order valence-electron chi connectivity index (χ2n) is 4.56. The van der Waals surface area contributed by atoms with Crippen LogP contribution in [0.5, 0.6) is 0 Å². The molecule has 0 aliphatic heterocycles. The Labute approximate surface area is 111 Å². The lowest BCUT2D eigenvalue weighted by molar-refractivity contribution is 0.102. The van der Waals surface area contributed by atoms with Crippen LogP contribution in [0.15, 0.2) is 42.6 Å². The highest BCUT2D eigenvalue weighted by Gasteiger charge is 2.19. The van der Waals surface area contributed by atoms with E-state index in [0.717, 1.165) is 28.1 Å². The SMILES string of the molecule is CC(=O)c1c(N(C)c2ccc[nH]2)[nH]c2ccccc12. The zero-order valence-electron chi connectivity index (χ0n) is 10.9. The molecule has 0 aliphatic rings. The second-order valence-corrected chi connectivity index (χ2v) is 4.56. The van der Waals surface area contributed by atoms with Crippen LogP contribution in [0.1, 0.15) is 17.3 Å². The van der Waals surface area contributed by atoms with Gasteiger partial charge in [-0.15, -0.1) is 0 Å². The molecule has 0 saturated heterocycles. The number of ketones is 1. The maximum atomic E-state index is 12.0. The van der Waals surface area contributed by atoms with Gasteiger partial charge in [0, 0.05) is 24.1 Å². The Bertz CT molecular complexity index is 725. The third-order valence-corrected chi connectivity index (χ3v) is 3.32. The molecule has 19 heavy (non-hydrogen) atoms. The number of hydrogen-bond acceptors (Lipinski definition) is 2. The molecule has 1 aromatic carbocycles. The van der Waals surface area contributed by atoms with Crippen LogP contribution in [0.3, 0.4) is 0 Å². The van der Waals surface area contributed by atoms with Crippen molar-refractivity contribution in [2.24, 2.45) is 0 Å². The molecule has 0 radical (unpaired) electrons. The number of Topliss-reactive ketones (excluding diaryl/α,β-unsaturated/α-hetero) is 1. The summed E-state index contributed by atoms with van der Waals surface area (Å²) < 4.78 is 0. The van der Waals surface area contributed by atoms with Gasteiger partial charge in [-0.25, -0.2) is 0 Å². The highest BCUT2D eigenvalue weighted by atomic mass is 16.1. The van der Waals surface area contributed by atoms with E-state index in [0.29, 0.717) is 0 Å². The van der Waals surface area contributed by atoms with E-state index in [1.165, 1.54) is 0 Å². The predicted octanol–water partition coefficient (Wildman–Crippen LogP) is 3.47. The van der Waals surface area contributed by atoms with Gasteiger partial charge in [0.05, 0.1) is 5.56 Å². The number of hydrogen-bond donors (Lipinski definition) is 2. The molecule has 0 aliphatic carbocycles. The number of anilines is 2. The molecule has 0 fully saturated rings. The van der Waals surface area contributed by atoms with Crippen LogP contribution in [0.25, 0.3) is 10.9 Å². The predicted molar refractivity (Wildman–Crippen MR) is 77.2 cm³/mol. The number of aromatic nitrogens is 2. The molecule has 2 heterocycles. The number of nitrogens with zero attached hydrogens (tertiary/aromatic N) is 1. The summed E-state index contributed by atoms with van der Waals surface area (Å²) in [7, 11) is 1.93. The third kappa shape index (κ3) is 1.81. The van der Waals surface area contributed by atoms with E-state index in [9.17, 15) is 4.79 Å². The molecule has 2 aromatic heterocycles. The number of para-hydroxylation sites is 1. The first-order chi connectivity index (χ1) is 9.18. The van der Waals surface area contributed by atoms with Gasteiger partial charge in [0.2, 0.25) is 0 Å². The van der Waals surface area contributed by atoms with Gasteiger partial charge >= 0.3 is 0 Å². The Hall–Kier alpha value is -2.49. The number of aromatic amines is 2. The topological polar surface area (TPSA) is 51.9 Å². The van der Waals surface area contributed by atoms with Crippen LogP contribution in [-0.2, 0) is 0 Å². The number of benzene rings is 1. The first-order valence-corrected chi connectivity index (χ1v) is 6.17. The van der Waals surface area contributed by atoms with Crippen molar-refractivity contribution in [3.05, 3.63) is 48.2 Å². The Morgan fingerprint density at radius 1 is 1.16 bits per heavy atom. The molecular formula is C15H15N3O. The second kappa shape index (κ2) is 4.31. The summed E-state index contributed by atoms with van der Waals surface area (Å²) >= 11 is 0. The number of nitrogens with one attached hydrogen (secondary N) is 2. The highest BCUT2D eigenvalue weighted by molar-refractivity contribution is 6.12. The molecular weight excluding hydrogens is 238 g/mol. The quantitative estimate of drug-likeness (QED) is 0.702. The van der Waals surface area contributed by atoms with Crippen LogP contribution in [0.4, 0.5) is 11.6 Å². The molecule has 2 N–H and O–H groups in total. The third-order valence-electron chi connectivity index (χ3n) is 3.32. The van der Waals surface area contributed by atoms with E-state index in [-0.39, 0.29) is 5.78 Å². The van der Waals surface area contributed by atoms with Gasteiger partial charge in [-0.1, -0.05) is 18.2 Å². The smallest absolute Gasteiger partial charge is 0.164 e. The number of rotatable bonds is 3. The molecule has 96 valence electrons. The van der Waals surface area contributed by atoms with Crippen molar-refractivity contribution in [3.63, 3.8) is 0 Å². The Kier molecular flexibility index (Phi) is 2.63. The summed E-state index contributed by atoms with van der Waals surface area (Å²) in [6.07, 6.45) is 1.86. The molecule has 3 aromatic rings. The van der Waals surface area contributed by atoms with Crippen LogP contribution in [-0.4, -0.2) is 22.8 Å². The summed E-state index contributed by atoms with van der Waals surface area (Å²) in [4.78, 5) is 20.4. The Morgan fingerprint density at radius 3 is 2.63 bits per heavy atom. The standard InChI is InChI=1S/C15H15N3O/c1-10(19)14-11-6-3-4-7-12(11)17-15(14)18(2)13-8-5-9-16-13/h3-9,16-17H,1-2H3. The van der Waals surface area contributed by atoms with Gasteiger partial charge in [-0.05, 0) is 25.1 Å². The monoisotopic (exact) mass is 253 g/mol. The number of carbonyl (C=O) groups is 1. The average molecular weight is 253 g/mol. The van der Waals surface area contributed by atoms with Crippen LogP contribution < -0.4 is 4.90 Å². The van der Waals surface area contributed by atoms with E-state index in [1.54, 1.807) is 6.92 Å². The van der Waals surface area contributed by atoms with Crippen molar-refractivity contribution in [2.45, 2.75) is 6.92 Å². The molecule has 0 amide bonds. The van der Waals surface area contributed by atoms with Crippen molar-refractivity contribution in [2.75, 3.05) is 11.9 Å². The molecule has 0 spiro atoms. The van der Waals surface area contributed by atoms with Gasteiger partial charge in [-0.2, -0.15) is 0 Å². The lowest BCUT2D eigenvalue weighted by Gasteiger charge is -2.16. The van der Waals surface area contributed by atoms with E-state index in [4.69, 9.17) is 0 Å². The van der Waals surface area contributed by atoms with Crippen molar-refractivity contribution < 1.29 is 4.79 Å². The fraction of sp³-hybridized carbons (Fsp3) is 0.133. The maximum absolute atomic E-state index is 12.0. The van der Waals surface area contributed by atoms with Gasteiger partial charge in [-0.3, -0.25) is 4.79 Å². The molecule has 0 bridgehead atoms. The summed E-state index contributed by atoms with van der Waals surface area (Å²) in [5, 5.41) is 0.961. The molecule has 3 rings (SSSR count). The van der Waals surface area contributed by atoms with Crippen molar-refractivity contribution in [1.29, 1.82) is 0 Å². The maximum Gasteiger partial charge on any atom is 0.164 e. The Balaban J connectivity index is 2.23. The average Bonchev–Trinajstić information content (AvgIpc) is 3.04. The van der Waals surface area contributed by atoms with Gasteiger partial charge in [0.25, 0.3) is 0 Å². The van der Waals surface area contributed by atoms with Gasteiger partial charge in [0.15, 0.2) is 5.78 Å². The van der Waals surface area contributed by atoms with Gasteiger partial charge < -0.3 is 14.9 Å². The van der Waals surface area contributed by atoms with Gasteiger partial charge in [0.1, 0.15) is 11.6 Å². The number of fused-ring (bicyclic) bond motifs is 1. The molecule has 4 nitrogen and oxygen atoms in total. The minimum Gasteiger partial charge on any atom is -0.348 e. The zero-order valence-corrected chi connectivity index (χ0v) is 10.9. The molecule has 4 heteroatoms. The van der Waals surface area contributed by atoms with Crippen LogP contribution in [0, 0.1) is 0 Å². The first-order valence-electron chi connectivity index (χ1n) is 6.17. The normalized spacial score (nSPS) is 10.8. The summed E-state index contributed by atoms with van der Waals surface area (Å²) in [5.41, 5.74) is 1.70. The van der Waals surface area contributed by atoms with E-state index < -0.39 is 0 Å². The molecule has 0 atom stereocenters. The lowest BCUT2D eigenvalue weighted by Crippen LogP contribution is -2.13. The lowest BCUT2D eigenvalue weighted by atomic mass is 10.1. The highest BCUT2D eigenvalue weighted by Crippen LogP contribution is 2.31.